The highest BCUT2D eigenvalue weighted by molar-refractivity contribution is 9.11. The first-order chi connectivity index (χ1) is 11.5. The molecule has 3 aromatic carbocycles. The molecule has 0 fully saturated rings. The van der Waals surface area contributed by atoms with Crippen molar-refractivity contribution in [2.24, 2.45) is 0 Å². The Kier molecular flexibility index (Phi) is 5.56. The van der Waals surface area contributed by atoms with Crippen molar-refractivity contribution in [1.82, 2.24) is 0 Å². The van der Waals surface area contributed by atoms with Crippen LogP contribution in [0.2, 0.25) is 10.0 Å². The fourth-order valence-corrected chi connectivity index (χ4v) is 4.09. The highest BCUT2D eigenvalue weighted by Gasteiger charge is 2.07. The average molecular weight is 487 g/mol. The smallest absolute Gasteiger partial charge is 0.139 e. The van der Waals surface area contributed by atoms with Crippen LogP contribution >= 0.6 is 55.1 Å². The van der Waals surface area contributed by atoms with Gasteiger partial charge in [0.2, 0.25) is 0 Å². The van der Waals surface area contributed by atoms with Crippen LogP contribution in [0, 0.1) is 0 Å². The molecule has 3 rings (SSSR count). The molecule has 0 aliphatic rings. The van der Waals surface area contributed by atoms with Crippen molar-refractivity contribution in [3.63, 3.8) is 0 Å². The molecule has 0 bridgehead atoms. The second-order valence-electron chi connectivity index (χ2n) is 5.21. The minimum Gasteiger partial charge on any atom is -0.495 e. The number of hydrogen-bond acceptors (Lipinski definition) is 1. The summed E-state index contributed by atoms with van der Waals surface area (Å²) in [7, 11) is 1.60. The fourth-order valence-electron chi connectivity index (χ4n) is 2.44. The lowest BCUT2D eigenvalue weighted by Crippen LogP contribution is -1.87. The average Bonchev–Trinajstić information content (AvgIpc) is 2.55. The first-order valence-corrected chi connectivity index (χ1v) is 9.42. The van der Waals surface area contributed by atoms with Gasteiger partial charge in [-0.25, -0.2) is 0 Å². The van der Waals surface area contributed by atoms with E-state index in [2.05, 4.69) is 44.0 Å². The van der Waals surface area contributed by atoms with E-state index >= 15 is 0 Å². The summed E-state index contributed by atoms with van der Waals surface area (Å²) in [6.45, 7) is 0. The molecular formula is C19H12Br2Cl2O. The summed E-state index contributed by atoms with van der Waals surface area (Å²) >= 11 is 19.5. The molecule has 0 aliphatic heterocycles. The zero-order valence-corrected chi connectivity index (χ0v) is 17.3. The van der Waals surface area contributed by atoms with Crippen molar-refractivity contribution in [3.05, 3.63) is 72.6 Å². The Labute approximate surface area is 167 Å². The van der Waals surface area contributed by atoms with Crippen molar-refractivity contribution in [3.8, 4) is 5.75 Å². The number of ether oxygens (including phenoxy) is 1. The van der Waals surface area contributed by atoms with E-state index in [1.165, 1.54) is 0 Å². The molecule has 0 radical (unpaired) electrons. The Morgan fingerprint density at radius 1 is 0.958 bits per heavy atom. The Morgan fingerprint density at radius 2 is 1.75 bits per heavy atom. The van der Waals surface area contributed by atoms with Crippen LogP contribution in [-0.4, -0.2) is 7.11 Å². The molecule has 0 amide bonds. The Balaban J connectivity index is 2.01. The summed E-state index contributed by atoms with van der Waals surface area (Å²) < 4.78 is 7.18. The molecule has 0 saturated carbocycles. The van der Waals surface area contributed by atoms with Crippen LogP contribution in [0.25, 0.3) is 22.9 Å². The van der Waals surface area contributed by atoms with Crippen molar-refractivity contribution in [2.45, 2.75) is 0 Å². The van der Waals surface area contributed by atoms with E-state index < -0.39 is 0 Å². The number of benzene rings is 3. The zero-order chi connectivity index (χ0) is 17.3. The summed E-state index contributed by atoms with van der Waals surface area (Å²) in [5.74, 6) is 0.640. The van der Waals surface area contributed by atoms with Crippen molar-refractivity contribution in [1.29, 1.82) is 0 Å². The third-order valence-corrected chi connectivity index (χ3v) is 5.34. The second-order valence-corrected chi connectivity index (χ2v) is 7.80. The summed E-state index contributed by atoms with van der Waals surface area (Å²) in [6, 6.07) is 13.8. The summed E-state index contributed by atoms with van der Waals surface area (Å²) in [6.07, 6.45) is 3.99. The molecule has 24 heavy (non-hydrogen) atoms. The van der Waals surface area contributed by atoms with Gasteiger partial charge >= 0.3 is 0 Å². The van der Waals surface area contributed by atoms with E-state index in [0.29, 0.717) is 15.8 Å². The largest absolute Gasteiger partial charge is 0.495 e. The maximum atomic E-state index is 6.37. The van der Waals surface area contributed by atoms with Gasteiger partial charge in [-0.15, -0.1) is 0 Å². The van der Waals surface area contributed by atoms with Crippen molar-refractivity contribution in [2.75, 3.05) is 7.11 Å². The van der Waals surface area contributed by atoms with E-state index in [-0.39, 0.29) is 0 Å². The Morgan fingerprint density at radius 3 is 2.50 bits per heavy atom. The summed E-state index contributed by atoms with van der Waals surface area (Å²) in [5, 5.41) is 3.50. The predicted octanol–water partition coefficient (Wildman–Crippen LogP) is 7.85. The molecule has 0 atom stereocenters. The third kappa shape index (κ3) is 3.80. The highest BCUT2D eigenvalue weighted by Crippen LogP contribution is 2.34. The van der Waals surface area contributed by atoms with Crippen LogP contribution < -0.4 is 4.74 Å². The standard InChI is InChI=1S/C19H12Br2Cl2O/c1-24-18-9-14(20)7-13(19(18)23)5-3-11-2-4-12-8-15(22)10-17(21)16(12)6-11/h2-10H,1H3. The van der Waals surface area contributed by atoms with Gasteiger partial charge in [0, 0.05) is 14.0 Å². The first-order valence-electron chi connectivity index (χ1n) is 7.08. The van der Waals surface area contributed by atoms with Crippen LogP contribution in [0.3, 0.4) is 0 Å². The number of halogens is 4. The molecule has 0 heterocycles. The topological polar surface area (TPSA) is 9.23 Å². The van der Waals surface area contributed by atoms with E-state index in [1.807, 2.05) is 42.5 Å². The van der Waals surface area contributed by atoms with Crippen LogP contribution in [0.1, 0.15) is 11.1 Å². The molecule has 122 valence electrons. The number of hydrogen-bond donors (Lipinski definition) is 0. The minimum absolute atomic E-state index is 0.589. The fraction of sp³-hybridized carbons (Fsp3) is 0.0526. The second kappa shape index (κ2) is 7.49. The molecule has 0 spiro atoms. The van der Waals surface area contributed by atoms with Gasteiger partial charge in [0.25, 0.3) is 0 Å². The van der Waals surface area contributed by atoms with Gasteiger partial charge < -0.3 is 4.74 Å². The Bertz CT molecular complexity index is 952. The zero-order valence-electron chi connectivity index (χ0n) is 12.6. The molecular weight excluding hydrogens is 475 g/mol. The molecule has 0 unspecified atom stereocenters. The van der Waals surface area contributed by atoms with Crippen molar-refractivity contribution >= 4 is 78.0 Å². The Hall–Kier alpha value is -1.000. The molecule has 5 heteroatoms. The van der Waals surface area contributed by atoms with Gasteiger partial charge in [-0.05, 0) is 52.2 Å². The van der Waals surface area contributed by atoms with E-state index in [9.17, 15) is 0 Å². The SMILES string of the molecule is COc1cc(Br)cc(C=Cc2ccc3cc(Cl)cc(Br)c3c2)c1Cl. The lowest BCUT2D eigenvalue weighted by atomic mass is 10.1. The van der Waals surface area contributed by atoms with E-state index in [4.69, 9.17) is 27.9 Å². The quantitative estimate of drug-likeness (QED) is 0.342. The lowest BCUT2D eigenvalue weighted by Gasteiger charge is -2.07. The highest BCUT2D eigenvalue weighted by atomic mass is 79.9. The monoisotopic (exact) mass is 484 g/mol. The number of fused-ring (bicyclic) bond motifs is 1. The maximum absolute atomic E-state index is 6.37. The molecule has 3 aromatic rings. The molecule has 0 saturated heterocycles. The van der Waals surface area contributed by atoms with E-state index in [0.717, 1.165) is 30.8 Å². The van der Waals surface area contributed by atoms with Gasteiger partial charge in [0.05, 0.1) is 12.1 Å². The van der Waals surface area contributed by atoms with E-state index in [1.54, 1.807) is 7.11 Å². The molecule has 1 nitrogen and oxygen atoms in total. The molecule has 0 N–H and O–H groups in total. The summed E-state index contributed by atoms with van der Waals surface area (Å²) in [5.41, 5.74) is 1.96. The van der Waals surface area contributed by atoms with Crippen LogP contribution in [-0.2, 0) is 0 Å². The van der Waals surface area contributed by atoms with Crippen LogP contribution in [0.5, 0.6) is 5.75 Å². The van der Waals surface area contributed by atoms with Crippen LogP contribution in [0.4, 0.5) is 0 Å². The molecule has 0 aromatic heterocycles. The van der Waals surface area contributed by atoms with Crippen molar-refractivity contribution < 1.29 is 4.74 Å². The lowest BCUT2D eigenvalue weighted by molar-refractivity contribution is 0.414. The summed E-state index contributed by atoms with van der Waals surface area (Å²) in [4.78, 5) is 0. The first kappa shape index (κ1) is 17.8. The normalized spacial score (nSPS) is 11.4. The van der Waals surface area contributed by atoms with Gasteiger partial charge in [0.1, 0.15) is 5.75 Å². The molecule has 0 aliphatic carbocycles. The van der Waals surface area contributed by atoms with Gasteiger partial charge in [-0.3, -0.25) is 0 Å². The third-order valence-electron chi connectivity index (χ3n) is 3.60. The van der Waals surface area contributed by atoms with Crippen LogP contribution in [0.15, 0.2) is 51.4 Å². The minimum atomic E-state index is 0.589. The van der Waals surface area contributed by atoms with Gasteiger partial charge in [-0.1, -0.05) is 79.3 Å². The van der Waals surface area contributed by atoms with Gasteiger partial charge in [0.15, 0.2) is 0 Å². The predicted molar refractivity (Wildman–Crippen MR) is 111 cm³/mol. The number of methoxy groups -OCH3 is 1. The van der Waals surface area contributed by atoms with Gasteiger partial charge in [-0.2, -0.15) is 0 Å². The maximum Gasteiger partial charge on any atom is 0.139 e. The number of rotatable bonds is 3.